The minimum absolute atomic E-state index is 0.0508. The fraction of sp³-hybridized carbons (Fsp3) is 1.00. The molecule has 16 heavy (non-hydrogen) atoms. The van der Waals surface area contributed by atoms with Gasteiger partial charge in [-0.25, -0.2) is 0 Å². The Morgan fingerprint density at radius 3 is 2.38 bits per heavy atom. The van der Waals surface area contributed by atoms with Crippen LogP contribution in [0.15, 0.2) is 0 Å². The number of alkyl halides is 1. The molecule has 0 aromatic heterocycles. The van der Waals surface area contributed by atoms with Gasteiger partial charge in [-0.2, -0.15) is 0 Å². The first kappa shape index (κ1) is 13.8. The van der Waals surface area contributed by atoms with Crippen molar-refractivity contribution >= 4 is 15.9 Å². The highest BCUT2D eigenvalue weighted by Gasteiger charge is 2.45. The minimum atomic E-state index is -1.35. The van der Waals surface area contributed by atoms with Crippen molar-refractivity contribution in [3.8, 4) is 0 Å². The van der Waals surface area contributed by atoms with Gasteiger partial charge in [0.05, 0.1) is 0 Å². The fourth-order valence-electron chi connectivity index (χ4n) is 1.22. The summed E-state index contributed by atoms with van der Waals surface area (Å²) in [6.07, 6.45) is -0.618. The number of rotatable bonds is 5. The van der Waals surface area contributed by atoms with Gasteiger partial charge in [-0.05, 0) is 0 Å². The van der Waals surface area contributed by atoms with Crippen LogP contribution >= 0.6 is 15.9 Å². The van der Waals surface area contributed by atoms with Crippen molar-refractivity contribution in [3.63, 3.8) is 0 Å². The Bertz CT molecular complexity index is 239. The number of nitro groups is 1. The summed E-state index contributed by atoms with van der Waals surface area (Å²) in [4.78, 5) is 10.2. The molecular weight excluding hydrogens is 286 g/mol. The molecule has 0 unspecified atom stereocenters. The Labute approximate surface area is 101 Å². The number of hydrogen-bond donors (Lipinski definition) is 0. The highest BCUT2D eigenvalue weighted by Crippen LogP contribution is 2.27. The zero-order valence-corrected chi connectivity index (χ0v) is 10.6. The molecule has 0 aliphatic carbocycles. The number of halogens is 1. The molecule has 0 aromatic rings. The molecule has 7 nitrogen and oxygen atoms in total. The van der Waals surface area contributed by atoms with Crippen LogP contribution in [0.3, 0.4) is 0 Å². The third-order valence-corrected chi connectivity index (χ3v) is 2.97. The summed E-state index contributed by atoms with van der Waals surface area (Å²) in [5.74, 6) is 0. The smallest absolute Gasteiger partial charge is 0.320 e. The van der Waals surface area contributed by atoms with E-state index in [0.717, 1.165) is 0 Å². The predicted octanol–water partition coefficient (Wildman–Crippen LogP) is 0.736. The summed E-state index contributed by atoms with van der Waals surface area (Å²) >= 11 is 2.98. The molecule has 0 radical (unpaired) electrons. The summed E-state index contributed by atoms with van der Waals surface area (Å²) in [6.45, 7) is -0.102. The standard InChI is InChI=1S/C8H14BrNO6/c1-13-6(14-2)3-7-15-4-8(9,5-16-7)10(11)12/h6-7H,3-5H2,1-2H3. The van der Waals surface area contributed by atoms with Crippen molar-refractivity contribution in [2.75, 3.05) is 27.4 Å². The predicted molar refractivity (Wildman–Crippen MR) is 56.8 cm³/mol. The topological polar surface area (TPSA) is 80.1 Å². The lowest BCUT2D eigenvalue weighted by Gasteiger charge is -2.31. The van der Waals surface area contributed by atoms with Crippen molar-refractivity contribution in [3.05, 3.63) is 10.1 Å². The van der Waals surface area contributed by atoms with Crippen LogP contribution in [0.4, 0.5) is 0 Å². The summed E-state index contributed by atoms with van der Waals surface area (Å²) in [5.41, 5.74) is 0. The van der Waals surface area contributed by atoms with Gasteiger partial charge < -0.3 is 18.9 Å². The first-order valence-corrected chi connectivity index (χ1v) is 5.43. The van der Waals surface area contributed by atoms with E-state index >= 15 is 0 Å². The lowest BCUT2D eigenvalue weighted by Crippen LogP contribution is -2.49. The van der Waals surface area contributed by atoms with Crippen molar-refractivity contribution in [1.82, 2.24) is 0 Å². The van der Waals surface area contributed by atoms with E-state index in [1.165, 1.54) is 14.2 Å². The quantitative estimate of drug-likeness (QED) is 0.245. The van der Waals surface area contributed by atoms with Gasteiger partial charge in [-0.1, -0.05) is 0 Å². The van der Waals surface area contributed by atoms with Crippen LogP contribution in [0.2, 0.25) is 0 Å². The largest absolute Gasteiger partial charge is 0.356 e. The van der Waals surface area contributed by atoms with E-state index < -0.39 is 22.0 Å². The zero-order chi connectivity index (χ0) is 12.2. The van der Waals surface area contributed by atoms with E-state index in [4.69, 9.17) is 18.9 Å². The molecule has 1 saturated heterocycles. The van der Waals surface area contributed by atoms with Crippen LogP contribution in [-0.2, 0) is 18.9 Å². The molecule has 0 amide bonds. The number of methoxy groups -OCH3 is 2. The van der Waals surface area contributed by atoms with Crippen LogP contribution in [0.1, 0.15) is 6.42 Å². The van der Waals surface area contributed by atoms with Gasteiger partial charge in [0.15, 0.2) is 12.6 Å². The molecule has 0 aromatic carbocycles. The first-order chi connectivity index (χ1) is 7.51. The molecule has 0 N–H and O–H groups in total. The Morgan fingerprint density at radius 2 is 2.00 bits per heavy atom. The van der Waals surface area contributed by atoms with Gasteiger partial charge in [0, 0.05) is 41.5 Å². The lowest BCUT2D eigenvalue weighted by atomic mass is 10.3. The average molecular weight is 300 g/mol. The van der Waals surface area contributed by atoms with Gasteiger partial charge in [-0.3, -0.25) is 10.1 Å². The van der Waals surface area contributed by atoms with Gasteiger partial charge in [-0.15, -0.1) is 0 Å². The van der Waals surface area contributed by atoms with Gasteiger partial charge in [0.2, 0.25) is 0 Å². The van der Waals surface area contributed by atoms with Crippen LogP contribution in [0.25, 0.3) is 0 Å². The minimum Gasteiger partial charge on any atom is -0.356 e. The van der Waals surface area contributed by atoms with Crippen LogP contribution in [-0.4, -0.2) is 49.4 Å². The first-order valence-electron chi connectivity index (χ1n) is 4.64. The summed E-state index contributed by atoms with van der Waals surface area (Å²) in [7, 11) is 3.01. The number of hydrogen-bond acceptors (Lipinski definition) is 6. The second kappa shape index (κ2) is 5.87. The molecule has 0 bridgehead atoms. The Balaban J connectivity index is 2.40. The molecule has 1 heterocycles. The average Bonchev–Trinajstić information content (AvgIpc) is 2.28. The molecule has 94 valence electrons. The van der Waals surface area contributed by atoms with E-state index in [-0.39, 0.29) is 13.2 Å². The van der Waals surface area contributed by atoms with Crippen LogP contribution < -0.4 is 0 Å². The highest BCUT2D eigenvalue weighted by molar-refractivity contribution is 9.10. The van der Waals surface area contributed by atoms with Gasteiger partial charge in [0.25, 0.3) is 0 Å². The molecule has 1 aliphatic rings. The number of nitrogens with zero attached hydrogens (tertiary/aromatic N) is 1. The van der Waals surface area contributed by atoms with E-state index in [1.54, 1.807) is 0 Å². The summed E-state index contributed by atoms with van der Waals surface area (Å²) < 4.78 is 19.0. The molecule has 0 atom stereocenters. The Morgan fingerprint density at radius 1 is 1.50 bits per heavy atom. The molecule has 1 rings (SSSR count). The molecule has 1 aliphatic heterocycles. The fourth-order valence-corrected chi connectivity index (χ4v) is 1.48. The van der Waals surface area contributed by atoms with Crippen molar-refractivity contribution in [2.24, 2.45) is 0 Å². The van der Waals surface area contributed by atoms with Crippen molar-refractivity contribution < 1.29 is 23.9 Å². The maximum atomic E-state index is 10.7. The van der Waals surface area contributed by atoms with Crippen LogP contribution in [0, 0.1) is 10.1 Å². The highest BCUT2D eigenvalue weighted by atomic mass is 79.9. The van der Waals surface area contributed by atoms with E-state index in [0.29, 0.717) is 6.42 Å². The van der Waals surface area contributed by atoms with E-state index in [1.807, 2.05) is 0 Å². The second-order valence-electron chi connectivity index (χ2n) is 3.36. The molecular formula is C8H14BrNO6. The third-order valence-electron chi connectivity index (χ3n) is 2.22. The van der Waals surface area contributed by atoms with Crippen molar-refractivity contribution in [2.45, 2.75) is 23.4 Å². The molecule has 0 saturated carbocycles. The second-order valence-corrected chi connectivity index (χ2v) is 4.84. The number of ether oxygens (including phenoxy) is 4. The SMILES string of the molecule is COC(CC1OCC(Br)([N+](=O)[O-])CO1)OC. The summed E-state index contributed by atoms with van der Waals surface area (Å²) in [6, 6.07) is 0. The maximum absolute atomic E-state index is 10.7. The summed E-state index contributed by atoms with van der Waals surface area (Å²) in [5, 5.41) is 10.7. The maximum Gasteiger partial charge on any atom is 0.320 e. The van der Waals surface area contributed by atoms with E-state index in [2.05, 4.69) is 15.9 Å². The normalized spacial score (nSPS) is 30.6. The van der Waals surface area contributed by atoms with Gasteiger partial charge >= 0.3 is 4.45 Å². The lowest BCUT2D eigenvalue weighted by molar-refractivity contribution is -0.557. The third kappa shape index (κ3) is 3.36. The Kier molecular flexibility index (Phi) is 5.06. The molecule has 8 heteroatoms. The van der Waals surface area contributed by atoms with Crippen LogP contribution in [0.5, 0.6) is 0 Å². The molecule has 0 spiro atoms. The van der Waals surface area contributed by atoms with Gasteiger partial charge in [0.1, 0.15) is 13.2 Å². The van der Waals surface area contributed by atoms with Crippen molar-refractivity contribution in [1.29, 1.82) is 0 Å². The molecule has 1 fully saturated rings. The Hall–Kier alpha value is -0.280. The monoisotopic (exact) mass is 299 g/mol. The zero-order valence-electron chi connectivity index (χ0n) is 9.05. The van der Waals surface area contributed by atoms with E-state index in [9.17, 15) is 10.1 Å².